The van der Waals surface area contributed by atoms with Crippen molar-refractivity contribution in [2.24, 2.45) is 0 Å². The molecule has 66 valence electrons. The molecule has 0 aromatic carbocycles. The Labute approximate surface area is 67.0 Å². The Kier molecular flexibility index (Phi) is 3.26. The van der Waals surface area contributed by atoms with E-state index in [-0.39, 0.29) is 12.6 Å². The summed E-state index contributed by atoms with van der Waals surface area (Å²) in [7, 11) is 5.29. The van der Waals surface area contributed by atoms with Crippen LogP contribution in [0.3, 0.4) is 0 Å². The molecule has 2 atom stereocenters. The van der Waals surface area contributed by atoms with Crippen molar-refractivity contribution in [1.29, 1.82) is 0 Å². The van der Waals surface area contributed by atoms with Crippen molar-refractivity contribution in [2.45, 2.75) is 12.6 Å². The minimum atomic E-state index is -0.154. The summed E-state index contributed by atoms with van der Waals surface area (Å²) >= 11 is 0. The van der Waals surface area contributed by atoms with Crippen LogP contribution in [0, 0.1) is 0 Å². The topological polar surface area (TPSA) is 30.9 Å². The molecule has 1 aliphatic heterocycles. The molecule has 1 rings (SSSR count). The van der Waals surface area contributed by atoms with E-state index < -0.39 is 0 Å². The average molecular weight is 161 g/mol. The van der Waals surface area contributed by atoms with E-state index >= 15 is 0 Å². The highest BCUT2D eigenvalue weighted by molar-refractivity contribution is 4.64. The van der Waals surface area contributed by atoms with Crippen molar-refractivity contribution in [3.8, 4) is 0 Å². The maximum atomic E-state index is 5.37. The maximum Gasteiger partial charge on any atom is 0.172 e. The van der Waals surface area contributed by atoms with Gasteiger partial charge in [0.2, 0.25) is 0 Å². The summed E-state index contributed by atoms with van der Waals surface area (Å²) in [5.74, 6) is 0. The molecule has 0 aliphatic carbocycles. The fourth-order valence-corrected chi connectivity index (χ4v) is 1.10. The van der Waals surface area contributed by atoms with Gasteiger partial charge in [0, 0.05) is 27.3 Å². The first-order valence-electron chi connectivity index (χ1n) is 3.66. The van der Waals surface area contributed by atoms with E-state index in [9.17, 15) is 0 Å². The average Bonchev–Trinajstić information content (AvgIpc) is 2.03. The first-order valence-corrected chi connectivity index (χ1v) is 3.66. The van der Waals surface area contributed by atoms with Crippen LogP contribution >= 0.6 is 0 Å². The summed E-state index contributed by atoms with van der Waals surface area (Å²) in [5, 5.41) is 0. The molecule has 0 unspecified atom stereocenters. The molecule has 11 heavy (non-hydrogen) atoms. The van der Waals surface area contributed by atoms with Gasteiger partial charge in [0.05, 0.1) is 0 Å². The number of nitrogens with zero attached hydrogens (tertiary/aromatic N) is 1. The van der Waals surface area contributed by atoms with Crippen molar-refractivity contribution < 1.29 is 14.2 Å². The molecule has 4 heteroatoms. The van der Waals surface area contributed by atoms with E-state index in [4.69, 9.17) is 14.2 Å². The van der Waals surface area contributed by atoms with Gasteiger partial charge < -0.3 is 14.2 Å². The van der Waals surface area contributed by atoms with Crippen molar-refractivity contribution >= 4 is 0 Å². The normalized spacial score (nSPS) is 34.1. The van der Waals surface area contributed by atoms with Gasteiger partial charge in [0.25, 0.3) is 0 Å². The predicted octanol–water partition coefficient (Wildman–Crippen LogP) is -0.107. The van der Waals surface area contributed by atoms with E-state index in [1.165, 1.54) is 0 Å². The fourth-order valence-electron chi connectivity index (χ4n) is 1.10. The van der Waals surface area contributed by atoms with Crippen LogP contribution in [0.1, 0.15) is 0 Å². The molecule has 0 N–H and O–H groups in total. The lowest BCUT2D eigenvalue weighted by atomic mass is 10.4. The molecule has 0 aromatic rings. The molecule has 0 amide bonds. The summed E-state index contributed by atoms with van der Waals surface area (Å²) in [4.78, 5) is 2.12. The second-order valence-corrected chi connectivity index (χ2v) is 2.69. The van der Waals surface area contributed by atoms with Gasteiger partial charge in [-0.3, -0.25) is 4.90 Å². The molecule has 1 fully saturated rings. The van der Waals surface area contributed by atoms with E-state index in [0.717, 1.165) is 13.1 Å². The first-order chi connectivity index (χ1) is 5.26. The highest BCUT2D eigenvalue weighted by atomic mass is 16.8. The van der Waals surface area contributed by atoms with Crippen LogP contribution in [0.25, 0.3) is 0 Å². The van der Waals surface area contributed by atoms with Gasteiger partial charge in [-0.1, -0.05) is 0 Å². The molecule has 1 saturated heterocycles. The molecule has 4 nitrogen and oxygen atoms in total. The Bertz CT molecular complexity index is 108. The highest BCUT2D eigenvalue weighted by Crippen LogP contribution is 2.09. The summed E-state index contributed by atoms with van der Waals surface area (Å²) in [5.41, 5.74) is 0. The Morgan fingerprint density at radius 3 is 2.00 bits per heavy atom. The smallest absolute Gasteiger partial charge is 0.172 e. The number of rotatable bonds is 2. The van der Waals surface area contributed by atoms with Gasteiger partial charge in [0.15, 0.2) is 12.6 Å². The Balaban J connectivity index is 2.37. The predicted molar refractivity (Wildman–Crippen MR) is 40.2 cm³/mol. The van der Waals surface area contributed by atoms with Crippen LogP contribution in [0.2, 0.25) is 0 Å². The zero-order valence-electron chi connectivity index (χ0n) is 7.24. The van der Waals surface area contributed by atoms with Crippen molar-refractivity contribution in [3.63, 3.8) is 0 Å². The zero-order chi connectivity index (χ0) is 8.27. The third-order valence-electron chi connectivity index (χ3n) is 1.75. The van der Waals surface area contributed by atoms with Crippen LogP contribution in [-0.2, 0) is 14.2 Å². The second-order valence-electron chi connectivity index (χ2n) is 2.69. The van der Waals surface area contributed by atoms with Crippen LogP contribution in [0.15, 0.2) is 0 Å². The lowest BCUT2D eigenvalue weighted by Gasteiger charge is -2.33. The largest absolute Gasteiger partial charge is 0.354 e. The fraction of sp³-hybridized carbons (Fsp3) is 1.00. The summed E-state index contributed by atoms with van der Waals surface area (Å²) in [6, 6.07) is 0. The van der Waals surface area contributed by atoms with Crippen molar-refractivity contribution in [1.82, 2.24) is 4.90 Å². The molecule has 1 heterocycles. The molecular formula is C7H15NO3. The quantitative estimate of drug-likeness (QED) is 0.565. The SMILES string of the molecule is CO[C@H]1CN(C)C[C@@H](OC)O1. The Morgan fingerprint density at radius 2 is 1.64 bits per heavy atom. The van der Waals surface area contributed by atoms with E-state index in [1.807, 2.05) is 7.05 Å². The highest BCUT2D eigenvalue weighted by Gasteiger charge is 2.24. The lowest BCUT2D eigenvalue weighted by Crippen LogP contribution is -2.47. The zero-order valence-corrected chi connectivity index (χ0v) is 7.24. The van der Waals surface area contributed by atoms with Gasteiger partial charge >= 0.3 is 0 Å². The van der Waals surface area contributed by atoms with Crippen LogP contribution < -0.4 is 0 Å². The van der Waals surface area contributed by atoms with Crippen molar-refractivity contribution in [3.05, 3.63) is 0 Å². The van der Waals surface area contributed by atoms with Gasteiger partial charge in [-0.05, 0) is 7.05 Å². The first kappa shape index (κ1) is 8.93. The van der Waals surface area contributed by atoms with Crippen LogP contribution in [-0.4, -0.2) is 51.8 Å². The maximum absolute atomic E-state index is 5.37. The van der Waals surface area contributed by atoms with Gasteiger partial charge in [0.1, 0.15) is 0 Å². The molecule has 0 aromatic heterocycles. The standard InChI is InChI=1S/C7H15NO3/c1-8-4-6(9-2)11-7(5-8)10-3/h6-7H,4-5H2,1-3H3/t6-,7+. The third-order valence-corrected chi connectivity index (χ3v) is 1.75. The van der Waals surface area contributed by atoms with Crippen LogP contribution in [0.4, 0.5) is 0 Å². The second kappa shape index (κ2) is 4.01. The molecule has 0 bridgehead atoms. The van der Waals surface area contributed by atoms with Gasteiger partial charge in [-0.15, -0.1) is 0 Å². The molecular weight excluding hydrogens is 146 g/mol. The Hall–Kier alpha value is -0.160. The lowest BCUT2D eigenvalue weighted by molar-refractivity contribution is -0.263. The number of hydrogen-bond acceptors (Lipinski definition) is 4. The Morgan fingerprint density at radius 1 is 1.18 bits per heavy atom. The third kappa shape index (κ3) is 2.41. The minimum absolute atomic E-state index is 0.154. The van der Waals surface area contributed by atoms with Gasteiger partial charge in [-0.2, -0.15) is 0 Å². The minimum Gasteiger partial charge on any atom is -0.354 e. The number of hydrogen-bond donors (Lipinski definition) is 0. The number of ether oxygens (including phenoxy) is 3. The number of likely N-dealkylation sites (N-methyl/N-ethyl adjacent to an activating group) is 1. The van der Waals surface area contributed by atoms with E-state index in [2.05, 4.69) is 4.90 Å². The van der Waals surface area contributed by atoms with E-state index in [1.54, 1.807) is 14.2 Å². The molecule has 0 spiro atoms. The van der Waals surface area contributed by atoms with Gasteiger partial charge in [-0.25, -0.2) is 0 Å². The summed E-state index contributed by atoms with van der Waals surface area (Å²) in [6.07, 6.45) is -0.308. The summed E-state index contributed by atoms with van der Waals surface area (Å²) < 4.78 is 15.5. The van der Waals surface area contributed by atoms with Crippen LogP contribution in [0.5, 0.6) is 0 Å². The van der Waals surface area contributed by atoms with Crippen molar-refractivity contribution in [2.75, 3.05) is 34.4 Å². The molecule has 0 radical (unpaired) electrons. The van der Waals surface area contributed by atoms with E-state index in [0.29, 0.717) is 0 Å². The molecule has 1 aliphatic rings. The number of morpholine rings is 1. The summed E-state index contributed by atoms with van der Waals surface area (Å²) in [6.45, 7) is 1.60. The monoisotopic (exact) mass is 161 g/mol. The number of methoxy groups -OCH3 is 2. The molecule has 0 saturated carbocycles.